The van der Waals surface area contributed by atoms with E-state index in [1.165, 1.54) is 11.6 Å². The average molecular weight is 430 g/mol. The molecule has 1 aromatic carbocycles. The number of nitrogens with one attached hydrogen (secondary N) is 1. The monoisotopic (exact) mass is 429 g/mol. The molecule has 0 aliphatic carbocycles. The van der Waals surface area contributed by atoms with Crippen LogP contribution >= 0.6 is 11.8 Å². The van der Waals surface area contributed by atoms with E-state index >= 15 is 0 Å². The number of fused-ring (bicyclic) bond motifs is 1. The summed E-state index contributed by atoms with van der Waals surface area (Å²) in [6.45, 7) is 2.76. The standard InChI is InChI=1S/C20H23N5O4S/c1-12-6-5-7-13(10-12)16-22-17-15(19(27)25(3)20(28)24(17)2)18(23-16)30-11-14(26)21-8-9-29-4/h5-7,10H,8-9,11H2,1-4H3,(H,21,26). The maximum atomic E-state index is 12.8. The molecular weight excluding hydrogens is 406 g/mol. The van der Waals surface area contributed by atoms with Crippen LogP contribution < -0.4 is 16.6 Å². The topological polar surface area (TPSA) is 108 Å². The molecule has 10 heteroatoms. The van der Waals surface area contributed by atoms with Gasteiger partial charge in [-0.15, -0.1) is 0 Å². The molecule has 0 aliphatic rings. The normalized spacial score (nSPS) is 11.1. The summed E-state index contributed by atoms with van der Waals surface area (Å²) >= 11 is 1.13. The molecule has 9 nitrogen and oxygen atoms in total. The van der Waals surface area contributed by atoms with E-state index in [1.807, 2.05) is 31.2 Å². The summed E-state index contributed by atoms with van der Waals surface area (Å²) in [6, 6.07) is 7.62. The molecule has 0 saturated carbocycles. The van der Waals surface area contributed by atoms with Crippen molar-refractivity contribution in [2.75, 3.05) is 26.0 Å². The molecule has 0 aliphatic heterocycles. The van der Waals surface area contributed by atoms with Gasteiger partial charge in [-0.2, -0.15) is 0 Å². The Morgan fingerprint density at radius 1 is 1.20 bits per heavy atom. The molecule has 1 N–H and O–H groups in total. The van der Waals surface area contributed by atoms with Gasteiger partial charge in [-0.25, -0.2) is 14.8 Å². The fraction of sp³-hybridized carbons (Fsp3) is 0.350. The zero-order valence-electron chi connectivity index (χ0n) is 17.3. The molecule has 2 heterocycles. The first kappa shape index (κ1) is 21.7. The third-order valence-corrected chi connectivity index (χ3v) is 5.49. The number of rotatable bonds is 7. The van der Waals surface area contributed by atoms with Crippen molar-refractivity contribution in [1.29, 1.82) is 0 Å². The predicted molar refractivity (Wildman–Crippen MR) is 116 cm³/mol. The van der Waals surface area contributed by atoms with Gasteiger partial charge < -0.3 is 10.1 Å². The smallest absolute Gasteiger partial charge is 0.332 e. The molecule has 0 unspecified atom stereocenters. The number of amides is 1. The zero-order chi connectivity index (χ0) is 21.8. The van der Waals surface area contributed by atoms with Gasteiger partial charge in [-0.1, -0.05) is 35.5 Å². The number of carbonyl (C=O) groups is 1. The Bertz CT molecular complexity index is 1220. The number of ether oxygens (including phenoxy) is 1. The Morgan fingerprint density at radius 3 is 2.67 bits per heavy atom. The van der Waals surface area contributed by atoms with Crippen molar-refractivity contribution in [1.82, 2.24) is 24.4 Å². The van der Waals surface area contributed by atoms with Crippen LogP contribution in [-0.4, -0.2) is 51.0 Å². The van der Waals surface area contributed by atoms with Crippen LogP contribution in [0.25, 0.3) is 22.4 Å². The Kier molecular flexibility index (Phi) is 6.68. The van der Waals surface area contributed by atoms with E-state index in [9.17, 15) is 14.4 Å². The molecule has 3 rings (SSSR count). The van der Waals surface area contributed by atoms with Crippen molar-refractivity contribution < 1.29 is 9.53 Å². The summed E-state index contributed by atoms with van der Waals surface area (Å²) in [5.41, 5.74) is 1.05. The molecule has 0 atom stereocenters. The fourth-order valence-corrected chi connectivity index (χ4v) is 3.77. The van der Waals surface area contributed by atoms with Crippen LogP contribution in [0.3, 0.4) is 0 Å². The van der Waals surface area contributed by atoms with Gasteiger partial charge in [0.15, 0.2) is 11.5 Å². The highest BCUT2D eigenvalue weighted by atomic mass is 32.2. The highest BCUT2D eigenvalue weighted by Crippen LogP contribution is 2.26. The summed E-state index contributed by atoms with van der Waals surface area (Å²) < 4.78 is 7.26. The maximum absolute atomic E-state index is 12.8. The lowest BCUT2D eigenvalue weighted by Crippen LogP contribution is -2.37. The molecule has 158 valence electrons. The number of aromatic nitrogens is 4. The minimum absolute atomic E-state index is 0.0646. The molecule has 0 bridgehead atoms. The van der Waals surface area contributed by atoms with Crippen molar-refractivity contribution in [2.45, 2.75) is 11.9 Å². The summed E-state index contributed by atoms with van der Waals surface area (Å²) in [5.74, 6) is 0.244. The predicted octanol–water partition coefficient (Wildman–Crippen LogP) is 0.857. The van der Waals surface area contributed by atoms with Crippen molar-refractivity contribution in [3.05, 3.63) is 50.7 Å². The number of aryl methyl sites for hydroxylation is 2. The van der Waals surface area contributed by atoms with Gasteiger partial charge in [0.1, 0.15) is 10.4 Å². The average Bonchev–Trinajstić information content (AvgIpc) is 2.74. The number of methoxy groups -OCH3 is 1. The lowest BCUT2D eigenvalue weighted by Gasteiger charge is -2.12. The van der Waals surface area contributed by atoms with Crippen LogP contribution in [0.2, 0.25) is 0 Å². The minimum atomic E-state index is -0.494. The number of hydrogen-bond donors (Lipinski definition) is 1. The summed E-state index contributed by atoms with van der Waals surface area (Å²) in [5, 5.41) is 3.31. The highest BCUT2D eigenvalue weighted by molar-refractivity contribution is 8.00. The molecule has 0 spiro atoms. The number of nitrogens with zero attached hydrogens (tertiary/aromatic N) is 4. The van der Waals surface area contributed by atoms with Crippen molar-refractivity contribution in [2.24, 2.45) is 14.1 Å². The first-order valence-corrected chi connectivity index (χ1v) is 10.2. The van der Waals surface area contributed by atoms with Crippen LogP contribution in [0.5, 0.6) is 0 Å². The van der Waals surface area contributed by atoms with E-state index < -0.39 is 11.2 Å². The molecule has 1 amide bonds. The van der Waals surface area contributed by atoms with Crippen LogP contribution in [0.4, 0.5) is 0 Å². The van der Waals surface area contributed by atoms with E-state index in [0.29, 0.717) is 24.0 Å². The van der Waals surface area contributed by atoms with E-state index in [4.69, 9.17) is 4.74 Å². The van der Waals surface area contributed by atoms with Crippen molar-refractivity contribution in [3.63, 3.8) is 0 Å². The first-order valence-electron chi connectivity index (χ1n) is 9.26. The number of carbonyl (C=O) groups excluding carboxylic acids is 1. The summed E-state index contributed by atoms with van der Waals surface area (Å²) in [6.07, 6.45) is 0. The lowest BCUT2D eigenvalue weighted by atomic mass is 10.1. The van der Waals surface area contributed by atoms with Gasteiger partial charge >= 0.3 is 5.69 Å². The summed E-state index contributed by atoms with van der Waals surface area (Å²) in [7, 11) is 4.52. The minimum Gasteiger partial charge on any atom is -0.383 e. The number of benzene rings is 1. The van der Waals surface area contributed by atoms with Crippen LogP contribution in [0, 0.1) is 6.92 Å². The number of thioether (sulfide) groups is 1. The van der Waals surface area contributed by atoms with Gasteiger partial charge in [-0.3, -0.25) is 18.7 Å². The third-order valence-electron chi connectivity index (χ3n) is 4.51. The molecule has 2 aromatic heterocycles. The van der Waals surface area contributed by atoms with Gasteiger partial charge in [0.2, 0.25) is 5.91 Å². The van der Waals surface area contributed by atoms with E-state index in [2.05, 4.69) is 15.3 Å². The molecule has 30 heavy (non-hydrogen) atoms. The van der Waals surface area contributed by atoms with E-state index in [-0.39, 0.29) is 22.7 Å². The Balaban J connectivity index is 2.12. The highest BCUT2D eigenvalue weighted by Gasteiger charge is 2.19. The second kappa shape index (κ2) is 9.23. The van der Waals surface area contributed by atoms with Gasteiger partial charge in [0, 0.05) is 33.3 Å². The molecule has 3 aromatic rings. The second-order valence-corrected chi connectivity index (χ2v) is 7.72. The Hall–Kier alpha value is -2.98. The van der Waals surface area contributed by atoms with Crippen LogP contribution in [0.1, 0.15) is 5.56 Å². The van der Waals surface area contributed by atoms with Crippen molar-refractivity contribution >= 4 is 28.7 Å². The quantitative estimate of drug-likeness (QED) is 0.337. The SMILES string of the molecule is COCCNC(=O)CSc1nc(-c2cccc(C)c2)nc2c1c(=O)n(C)c(=O)n2C. The summed E-state index contributed by atoms with van der Waals surface area (Å²) in [4.78, 5) is 46.4. The molecule has 0 radical (unpaired) electrons. The third kappa shape index (κ3) is 4.44. The van der Waals surface area contributed by atoms with E-state index in [0.717, 1.165) is 27.5 Å². The zero-order valence-corrected chi connectivity index (χ0v) is 18.1. The Morgan fingerprint density at radius 2 is 1.97 bits per heavy atom. The molecule has 0 saturated heterocycles. The maximum Gasteiger partial charge on any atom is 0.332 e. The van der Waals surface area contributed by atoms with Crippen LogP contribution in [0.15, 0.2) is 38.9 Å². The van der Waals surface area contributed by atoms with Gasteiger partial charge in [0.25, 0.3) is 5.56 Å². The second-order valence-electron chi connectivity index (χ2n) is 6.76. The molecule has 0 fully saturated rings. The fourth-order valence-electron chi connectivity index (χ4n) is 2.92. The Labute approximate surface area is 177 Å². The van der Waals surface area contributed by atoms with Gasteiger partial charge in [-0.05, 0) is 13.0 Å². The lowest BCUT2D eigenvalue weighted by molar-refractivity contribution is -0.118. The van der Waals surface area contributed by atoms with Gasteiger partial charge in [0.05, 0.1) is 12.4 Å². The van der Waals surface area contributed by atoms with Crippen LogP contribution in [-0.2, 0) is 23.6 Å². The first-order chi connectivity index (χ1) is 14.3. The van der Waals surface area contributed by atoms with E-state index in [1.54, 1.807) is 14.2 Å². The number of hydrogen-bond acceptors (Lipinski definition) is 7. The largest absolute Gasteiger partial charge is 0.383 e. The van der Waals surface area contributed by atoms with Crippen molar-refractivity contribution in [3.8, 4) is 11.4 Å². The molecular formula is C20H23N5O4S.